The molecular weight excluding hydrogens is 238 g/mol. The zero-order chi connectivity index (χ0) is 14.0. The maximum atomic E-state index is 12.6. The molecule has 1 amide bonds. The van der Waals surface area contributed by atoms with Crippen LogP contribution < -0.4 is 4.90 Å². The van der Waals surface area contributed by atoms with Gasteiger partial charge in [-0.05, 0) is 38.5 Å². The molecule has 4 heteroatoms. The van der Waals surface area contributed by atoms with Crippen LogP contribution in [-0.2, 0) is 7.05 Å². The second-order valence-electron chi connectivity index (χ2n) is 4.72. The first kappa shape index (κ1) is 13.3. The van der Waals surface area contributed by atoms with Crippen molar-refractivity contribution in [3.63, 3.8) is 0 Å². The molecular formula is C15H19N3O. The lowest BCUT2D eigenvalue weighted by Gasteiger charge is -2.20. The average Bonchev–Trinajstić information content (AvgIpc) is 2.69. The van der Waals surface area contributed by atoms with Crippen LogP contribution in [0.15, 0.2) is 30.5 Å². The first-order valence-electron chi connectivity index (χ1n) is 6.41. The van der Waals surface area contributed by atoms with E-state index in [4.69, 9.17) is 0 Å². The summed E-state index contributed by atoms with van der Waals surface area (Å²) in [7, 11) is 1.83. The molecule has 0 spiro atoms. The topological polar surface area (TPSA) is 38.1 Å². The number of hydrogen-bond donors (Lipinski definition) is 0. The number of carbonyl (C=O) groups is 1. The summed E-state index contributed by atoms with van der Waals surface area (Å²) in [6, 6.07) is 7.95. The molecule has 0 N–H and O–H groups in total. The van der Waals surface area contributed by atoms with Crippen LogP contribution in [0.5, 0.6) is 0 Å². The lowest BCUT2D eigenvalue weighted by atomic mass is 10.2. The van der Waals surface area contributed by atoms with Gasteiger partial charge in [0.25, 0.3) is 5.91 Å². The third-order valence-electron chi connectivity index (χ3n) is 3.09. The van der Waals surface area contributed by atoms with Crippen LogP contribution >= 0.6 is 0 Å². The van der Waals surface area contributed by atoms with Gasteiger partial charge in [0.15, 0.2) is 5.69 Å². The fourth-order valence-corrected chi connectivity index (χ4v) is 2.19. The lowest BCUT2D eigenvalue weighted by Crippen LogP contribution is -2.31. The minimum Gasteiger partial charge on any atom is -0.307 e. The van der Waals surface area contributed by atoms with Gasteiger partial charge in [0.05, 0.1) is 0 Å². The van der Waals surface area contributed by atoms with Crippen LogP contribution in [0.3, 0.4) is 0 Å². The summed E-state index contributed by atoms with van der Waals surface area (Å²) in [6.45, 7) is 6.52. The van der Waals surface area contributed by atoms with E-state index in [1.165, 1.54) is 0 Å². The van der Waals surface area contributed by atoms with Crippen LogP contribution in [0.1, 0.15) is 28.5 Å². The summed E-state index contributed by atoms with van der Waals surface area (Å²) in [5, 5.41) is 4.25. The first-order chi connectivity index (χ1) is 9.02. The molecule has 2 rings (SSSR count). The molecule has 0 radical (unpaired) electrons. The van der Waals surface area contributed by atoms with E-state index in [9.17, 15) is 4.79 Å². The molecule has 1 heterocycles. The Morgan fingerprint density at radius 3 is 2.63 bits per heavy atom. The Labute approximate surface area is 113 Å². The molecule has 4 nitrogen and oxygen atoms in total. The smallest absolute Gasteiger partial charge is 0.279 e. The third kappa shape index (κ3) is 2.67. The molecule has 19 heavy (non-hydrogen) atoms. The normalized spacial score (nSPS) is 10.5. The van der Waals surface area contributed by atoms with Crippen molar-refractivity contribution >= 4 is 11.6 Å². The van der Waals surface area contributed by atoms with Gasteiger partial charge in [0.2, 0.25) is 0 Å². The summed E-state index contributed by atoms with van der Waals surface area (Å²) >= 11 is 0. The van der Waals surface area contributed by atoms with Crippen molar-refractivity contribution in [2.24, 2.45) is 7.05 Å². The van der Waals surface area contributed by atoms with Crippen molar-refractivity contribution < 1.29 is 4.79 Å². The van der Waals surface area contributed by atoms with E-state index in [-0.39, 0.29) is 5.91 Å². The van der Waals surface area contributed by atoms with E-state index in [1.807, 2.05) is 58.3 Å². The Morgan fingerprint density at radius 1 is 1.37 bits per heavy atom. The highest BCUT2D eigenvalue weighted by Gasteiger charge is 2.20. The molecule has 1 aromatic heterocycles. The van der Waals surface area contributed by atoms with E-state index < -0.39 is 0 Å². The van der Waals surface area contributed by atoms with Crippen molar-refractivity contribution in [1.29, 1.82) is 0 Å². The number of aryl methyl sites for hydroxylation is 3. The molecule has 0 saturated heterocycles. The zero-order valence-electron chi connectivity index (χ0n) is 11.8. The number of carbonyl (C=O) groups excluding carboxylic acids is 1. The number of rotatable bonds is 3. The second kappa shape index (κ2) is 5.26. The molecule has 0 aliphatic heterocycles. The number of aromatic nitrogens is 2. The monoisotopic (exact) mass is 257 g/mol. The van der Waals surface area contributed by atoms with Gasteiger partial charge in [-0.1, -0.05) is 12.1 Å². The number of benzene rings is 1. The molecule has 0 aliphatic rings. The molecule has 0 unspecified atom stereocenters. The zero-order valence-corrected chi connectivity index (χ0v) is 11.8. The number of anilines is 1. The number of hydrogen-bond acceptors (Lipinski definition) is 2. The Hall–Kier alpha value is -2.10. The maximum absolute atomic E-state index is 12.6. The average molecular weight is 257 g/mol. The van der Waals surface area contributed by atoms with Gasteiger partial charge in [-0.25, -0.2) is 0 Å². The molecule has 0 aliphatic carbocycles. The second-order valence-corrected chi connectivity index (χ2v) is 4.72. The predicted octanol–water partition coefficient (Wildman–Crippen LogP) is 2.70. The first-order valence-corrected chi connectivity index (χ1v) is 6.41. The Kier molecular flexibility index (Phi) is 3.69. The summed E-state index contributed by atoms with van der Waals surface area (Å²) in [4.78, 5) is 14.3. The van der Waals surface area contributed by atoms with Gasteiger partial charge >= 0.3 is 0 Å². The molecule has 0 atom stereocenters. The van der Waals surface area contributed by atoms with Gasteiger partial charge in [-0.3, -0.25) is 9.48 Å². The van der Waals surface area contributed by atoms with Crippen molar-refractivity contribution in [2.45, 2.75) is 20.8 Å². The van der Waals surface area contributed by atoms with Crippen LogP contribution in [0.25, 0.3) is 0 Å². The molecule has 100 valence electrons. The Balaban J connectivity index is 2.37. The maximum Gasteiger partial charge on any atom is 0.279 e. The number of nitrogens with zero attached hydrogens (tertiary/aromatic N) is 3. The summed E-state index contributed by atoms with van der Waals surface area (Å²) in [6.07, 6.45) is 1.86. The lowest BCUT2D eigenvalue weighted by molar-refractivity contribution is 0.0982. The van der Waals surface area contributed by atoms with Crippen molar-refractivity contribution in [2.75, 3.05) is 11.4 Å². The Morgan fingerprint density at radius 2 is 2.11 bits per heavy atom. The SMILES string of the molecule is CCN(C(=O)c1nn(C)cc1C)c1cccc(C)c1. The largest absolute Gasteiger partial charge is 0.307 e. The van der Waals surface area contributed by atoms with Gasteiger partial charge in [0, 0.05) is 31.0 Å². The predicted molar refractivity (Wildman–Crippen MR) is 76.5 cm³/mol. The molecule has 2 aromatic rings. The highest BCUT2D eigenvalue weighted by molar-refractivity contribution is 6.05. The summed E-state index contributed by atoms with van der Waals surface area (Å²) < 4.78 is 1.67. The third-order valence-corrected chi connectivity index (χ3v) is 3.09. The van der Waals surface area contributed by atoms with Crippen LogP contribution in [0, 0.1) is 13.8 Å². The van der Waals surface area contributed by atoms with Crippen molar-refractivity contribution in [3.05, 3.63) is 47.3 Å². The van der Waals surface area contributed by atoms with Crippen molar-refractivity contribution in [1.82, 2.24) is 9.78 Å². The van der Waals surface area contributed by atoms with Gasteiger partial charge < -0.3 is 4.90 Å². The van der Waals surface area contributed by atoms with E-state index in [1.54, 1.807) is 9.58 Å². The van der Waals surface area contributed by atoms with Gasteiger partial charge in [0.1, 0.15) is 0 Å². The van der Waals surface area contributed by atoms with Crippen molar-refractivity contribution in [3.8, 4) is 0 Å². The molecule has 1 aromatic carbocycles. The highest BCUT2D eigenvalue weighted by Crippen LogP contribution is 2.19. The quantitative estimate of drug-likeness (QED) is 0.848. The number of amides is 1. The van der Waals surface area contributed by atoms with Crippen LogP contribution in [0.2, 0.25) is 0 Å². The summed E-state index contributed by atoms with van der Waals surface area (Å²) in [5.74, 6) is -0.0498. The Bertz CT molecular complexity index is 601. The van der Waals surface area contributed by atoms with Crippen LogP contribution in [0.4, 0.5) is 5.69 Å². The highest BCUT2D eigenvalue weighted by atomic mass is 16.2. The summed E-state index contributed by atoms with van der Waals surface area (Å²) in [5.41, 5.74) is 3.48. The van der Waals surface area contributed by atoms with Crippen LogP contribution in [-0.4, -0.2) is 22.2 Å². The van der Waals surface area contributed by atoms with Gasteiger partial charge in [-0.15, -0.1) is 0 Å². The molecule has 0 bridgehead atoms. The van der Waals surface area contributed by atoms with E-state index in [0.29, 0.717) is 12.2 Å². The van der Waals surface area contributed by atoms with E-state index in [2.05, 4.69) is 5.10 Å². The van der Waals surface area contributed by atoms with E-state index >= 15 is 0 Å². The fraction of sp³-hybridized carbons (Fsp3) is 0.333. The standard InChI is InChI=1S/C15H19N3O/c1-5-18(13-8-6-7-11(2)9-13)15(19)14-12(3)10-17(4)16-14/h6-10H,5H2,1-4H3. The molecule has 0 saturated carbocycles. The minimum absolute atomic E-state index is 0.0498. The minimum atomic E-state index is -0.0498. The van der Waals surface area contributed by atoms with Gasteiger partial charge in [-0.2, -0.15) is 5.10 Å². The van der Waals surface area contributed by atoms with E-state index in [0.717, 1.165) is 16.8 Å². The molecule has 0 fully saturated rings. The fourth-order valence-electron chi connectivity index (χ4n) is 2.19.